The monoisotopic (exact) mass is 310 g/mol. The summed E-state index contributed by atoms with van der Waals surface area (Å²) in [5.74, 6) is 2.24. The number of thioether (sulfide) groups is 1. The van der Waals surface area contributed by atoms with Gasteiger partial charge >= 0.3 is 0 Å². The minimum Gasteiger partial charge on any atom is -0.396 e. The Balaban J connectivity index is 1.91. The molecule has 2 rings (SSSR count). The topological polar surface area (TPSA) is 108 Å². The zero-order chi connectivity index (χ0) is 15.1. The van der Waals surface area contributed by atoms with Gasteiger partial charge in [-0.3, -0.25) is 4.79 Å². The number of H-pyrrole nitrogens is 2. The van der Waals surface area contributed by atoms with Gasteiger partial charge in [-0.25, -0.2) is 4.98 Å². The molecule has 5 N–H and O–H groups in total. The van der Waals surface area contributed by atoms with Crippen molar-refractivity contribution in [1.82, 2.24) is 15.0 Å². The van der Waals surface area contributed by atoms with Crippen molar-refractivity contribution < 1.29 is 5.11 Å². The van der Waals surface area contributed by atoms with Gasteiger partial charge in [0, 0.05) is 12.8 Å². The Bertz CT molecular complexity index is 610. The first-order valence-electron chi connectivity index (χ1n) is 7.18. The Morgan fingerprint density at radius 1 is 1.43 bits per heavy atom. The molecule has 0 amide bonds. The molecule has 0 aliphatic heterocycles. The van der Waals surface area contributed by atoms with E-state index in [1.165, 1.54) is 6.33 Å². The molecule has 0 aromatic carbocycles. The largest absolute Gasteiger partial charge is 0.396 e. The maximum atomic E-state index is 11.6. The van der Waals surface area contributed by atoms with E-state index in [1.807, 2.05) is 18.0 Å². The van der Waals surface area contributed by atoms with Crippen LogP contribution in [0, 0.1) is 5.92 Å². The van der Waals surface area contributed by atoms with Gasteiger partial charge in [0.25, 0.3) is 5.56 Å². The van der Waals surface area contributed by atoms with Crippen molar-refractivity contribution in [3.8, 4) is 0 Å². The second-order valence-electron chi connectivity index (χ2n) is 5.07. The van der Waals surface area contributed by atoms with Crippen molar-refractivity contribution in [3.63, 3.8) is 0 Å². The quantitative estimate of drug-likeness (QED) is 0.514. The fourth-order valence-electron chi connectivity index (χ4n) is 2.22. The molecular weight excluding hydrogens is 288 g/mol. The van der Waals surface area contributed by atoms with Crippen LogP contribution in [0.15, 0.2) is 17.3 Å². The van der Waals surface area contributed by atoms with Crippen molar-refractivity contribution in [3.05, 3.63) is 28.4 Å². The van der Waals surface area contributed by atoms with E-state index in [1.54, 1.807) is 0 Å². The number of rotatable bonds is 9. The third-order valence-electron chi connectivity index (χ3n) is 3.47. The van der Waals surface area contributed by atoms with Gasteiger partial charge in [0.15, 0.2) is 0 Å². The van der Waals surface area contributed by atoms with Gasteiger partial charge in [0.1, 0.15) is 5.52 Å². The van der Waals surface area contributed by atoms with E-state index < -0.39 is 0 Å². The van der Waals surface area contributed by atoms with E-state index in [9.17, 15) is 9.90 Å². The molecule has 1 unspecified atom stereocenters. The number of nitrogens with two attached hydrogens (primary N) is 1. The van der Waals surface area contributed by atoms with Gasteiger partial charge < -0.3 is 20.8 Å². The molecule has 2 heterocycles. The maximum absolute atomic E-state index is 11.6. The van der Waals surface area contributed by atoms with E-state index in [4.69, 9.17) is 5.73 Å². The molecule has 116 valence electrons. The molecule has 0 fully saturated rings. The molecule has 2 aromatic heterocycles. The predicted octanol–water partition coefficient (Wildman–Crippen LogP) is 0.874. The lowest BCUT2D eigenvalue weighted by Gasteiger charge is -2.13. The summed E-state index contributed by atoms with van der Waals surface area (Å²) in [6.07, 6.45) is 5.96. The van der Waals surface area contributed by atoms with Crippen molar-refractivity contribution in [2.24, 2.45) is 11.7 Å². The first-order valence-corrected chi connectivity index (χ1v) is 8.34. The molecule has 0 aliphatic carbocycles. The Hall–Kier alpha value is -1.31. The fraction of sp³-hybridized carbons (Fsp3) is 0.571. The van der Waals surface area contributed by atoms with E-state index in [0.717, 1.165) is 41.8 Å². The SMILES string of the molecule is NCCCSCC(CO)CCc1c[nH]c2c(=O)[nH]cnc12. The Labute approximate surface area is 127 Å². The normalized spacial score (nSPS) is 12.9. The molecular formula is C14H22N4O2S. The lowest BCUT2D eigenvalue weighted by atomic mass is 10.0. The van der Waals surface area contributed by atoms with E-state index in [0.29, 0.717) is 12.1 Å². The van der Waals surface area contributed by atoms with Gasteiger partial charge in [-0.05, 0) is 48.8 Å². The number of hydrogen-bond acceptors (Lipinski definition) is 5. The van der Waals surface area contributed by atoms with E-state index in [-0.39, 0.29) is 18.1 Å². The first-order chi connectivity index (χ1) is 10.3. The molecule has 0 bridgehead atoms. The second kappa shape index (κ2) is 8.21. The molecule has 6 nitrogen and oxygen atoms in total. The number of nitrogens with one attached hydrogen (secondary N) is 2. The van der Waals surface area contributed by atoms with Crippen LogP contribution in [-0.4, -0.2) is 44.7 Å². The molecule has 7 heteroatoms. The van der Waals surface area contributed by atoms with Crippen molar-refractivity contribution in [2.45, 2.75) is 19.3 Å². The zero-order valence-electron chi connectivity index (χ0n) is 12.0. The van der Waals surface area contributed by atoms with Crippen LogP contribution in [0.25, 0.3) is 11.0 Å². The van der Waals surface area contributed by atoms with Gasteiger partial charge in [0.05, 0.1) is 11.8 Å². The lowest BCUT2D eigenvalue weighted by molar-refractivity contribution is 0.233. The van der Waals surface area contributed by atoms with Crippen LogP contribution in [0.5, 0.6) is 0 Å². The van der Waals surface area contributed by atoms with Crippen LogP contribution in [0.2, 0.25) is 0 Å². The third kappa shape index (κ3) is 4.33. The minimum absolute atomic E-state index is 0.151. The lowest BCUT2D eigenvalue weighted by Crippen LogP contribution is -2.11. The molecule has 0 saturated heterocycles. The van der Waals surface area contributed by atoms with Crippen LogP contribution >= 0.6 is 11.8 Å². The van der Waals surface area contributed by atoms with Crippen LogP contribution < -0.4 is 11.3 Å². The summed E-state index contributed by atoms with van der Waals surface area (Å²) in [6, 6.07) is 0. The number of aromatic amines is 2. The fourth-order valence-corrected chi connectivity index (χ4v) is 3.36. The van der Waals surface area contributed by atoms with Gasteiger partial charge in [-0.1, -0.05) is 0 Å². The molecule has 21 heavy (non-hydrogen) atoms. The summed E-state index contributed by atoms with van der Waals surface area (Å²) in [5.41, 5.74) is 7.59. The molecule has 2 aromatic rings. The van der Waals surface area contributed by atoms with Gasteiger partial charge in [-0.2, -0.15) is 11.8 Å². The number of aromatic nitrogens is 3. The summed E-state index contributed by atoms with van der Waals surface area (Å²) >= 11 is 1.84. The minimum atomic E-state index is -0.151. The zero-order valence-corrected chi connectivity index (χ0v) is 12.8. The molecule has 0 saturated carbocycles. The van der Waals surface area contributed by atoms with Crippen LogP contribution in [0.4, 0.5) is 0 Å². The van der Waals surface area contributed by atoms with Gasteiger partial charge in [-0.15, -0.1) is 0 Å². The third-order valence-corrected chi connectivity index (χ3v) is 4.76. The number of aliphatic hydroxyl groups is 1. The Kier molecular flexibility index (Phi) is 6.28. The van der Waals surface area contributed by atoms with E-state index in [2.05, 4.69) is 15.0 Å². The number of aliphatic hydroxyl groups excluding tert-OH is 1. The van der Waals surface area contributed by atoms with Crippen LogP contribution in [-0.2, 0) is 6.42 Å². The molecule has 0 spiro atoms. The summed E-state index contributed by atoms with van der Waals surface area (Å²) in [4.78, 5) is 21.4. The van der Waals surface area contributed by atoms with Crippen molar-refractivity contribution >= 4 is 22.8 Å². The molecule has 0 aliphatic rings. The second-order valence-corrected chi connectivity index (χ2v) is 6.22. The maximum Gasteiger partial charge on any atom is 0.275 e. The molecule has 0 radical (unpaired) electrons. The van der Waals surface area contributed by atoms with E-state index >= 15 is 0 Å². The summed E-state index contributed by atoms with van der Waals surface area (Å²) in [5, 5.41) is 9.45. The average Bonchev–Trinajstić information content (AvgIpc) is 2.91. The van der Waals surface area contributed by atoms with Gasteiger partial charge in [0.2, 0.25) is 0 Å². The number of aryl methyl sites for hydroxylation is 1. The summed E-state index contributed by atoms with van der Waals surface area (Å²) in [7, 11) is 0. The highest BCUT2D eigenvalue weighted by Gasteiger charge is 2.12. The molecule has 1 atom stereocenters. The standard InChI is InChI=1S/C14H22N4O2S/c15-4-1-5-21-8-10(7-19)2-3-11-6-16-13-12(11)17-9-18-14(13)20/h6,9-10,16,19H,1-5,7-8,15H2,(H,17,18,20). The Morgan fingerprint density at radius 3 is 3.05 bits per heavy atom. The first kappa shape index (κ1) is 16.1. The predicted molar refractivity (Wildman–Crippen MR) is 86.6 cm³/mol. The summed E-state index contributed by atoms with van der Waals surface area (Å²) < 4.78 is 0. The number of fused-ring (bicyclic) bond motifs is 1. The van der Waals surface area contributed by atoms with Crippen molar-refractivity contribution in [1.29, 1.82) is 0 Å². The highest BCUT2D eigenvalue weighted by molar-refractivity contribution is 7.99. The van der Waals surface area contributed by atoms with Crippen LogP contribution in [0.3, 0.4) is 0 Å². The highest BCUT2D eigenvalue weighted by Crippen LogP contribution is 2.19. The average molecular weight is 310 g/mol. The highest BCUT2D eigenvalue weighted by atomic mass is 32.2. The number of hydrogen-bond donors (Lipinski definition) is 4. The smallest absolute Gasteiger partial charge is 0.275 e. The van der Waals surface area contributed by atoms with Crippen molar-refractivity contribution in [2.75, 3.05) is 24.7 Å². The number of nitrogens with zero attached hydrogens (tertiary/aromatic N) is 1. The summed E-state index contributed by atoms with van der Waals surface area (Å²) in [6.45, 7) is 0.901. The Morgan fingerprint density at radius 2 is 2.29 bits per heavy atom. The van der Waals surface area contributed by atoms with Crippen LogP contribution in [0.1, 0.15) is 18.4 Å².